The Morgan fingerprint density at radius 3 is 2.63 bits per heavy atom. The molecule has 3 aromatic heterocycles. The Bertz CT molecular complexity index is 1270. The van der Waals surface area contributed by atoms with Crippen molar-refractivity contribution in [2.75, 3.05) is 48.4 Å². The van der Waals surface area contributed by atoms with Crippen molar-refractivity contribution in [2.45, 2.75) is 39.5 Å². The Morgan fingerprint density at radius 1 is 1.24 bits per heavy atom. The van der Waals surface area contributed by atoms with Gasteiger partial charge in [0.15, 0.2) is 5.13 Å². The average molecular weight is 597 g/mol. The summed E-state index contributed by atoms with van der Waals surface area (Å²) in [4.78, 5) is 39.5. The van der Waals surface area contributed by atoms with E-state index in [0.717, 1.165) is 35.0 Å². The zero-order chi connectivity index (χ0) is 27.2. The molecular formula is C26H31Cl2N5O3S2. The first-order valence-corrected chi connectivity index (χ1v) is 15.1. The number of rotatable bonds is 10. The summed E-state index contributed by atoms with van der Waals surface area (Å²) in [5.41, 5.74) is 1.15. The maximum atomic E-state index is 13.1. The topological polar surface area (TPSA) is 87.7 Å². The van der Waals surface area contributed by atoms with E-state index in [4.69, 9.17) is 32.9 Å². The molecule has 0 spiro atoms. The summed E-state index contributed by atoms with van der Waals surface area (Å²) in [5, 5.41) is 7.31. The number of amides is 1. The van der Waals surface area contributed by atoms with Crippen LogP contribution in [-0.2, 0) is 9.53 Å². The minimum atomic E-state index is -0.334. The van der Waals surface area contributed by atoms with Crippen molar-refractivity contribution < 1.29 is 14.3 Å². The molecule has 38 heavy (non-hydrogen) atoms. The number of pyridine rings is 1. The van der Waals surface area contributed by atoms with E-state index in [1.165, 1.54) is 28.9 Å². The molecule has 1 saturated heterocycles. The minimum absolute atomic E-state index is 0.102. The standard InChI is InChI=1S/C26H31Cl2N5O3S2/c1-4-6-9-32(3)24-21(20-13-18(27)15-37-20)30-26(38-24)31-23(34)17-12-19(28)22(29-14-17)33-10-7-16(8-11-33)25(35)36-5-2/h12-16H,4-11H2,1-3H3,(H,30,31,34). The highest BCUT2D eigenvalue weighted by atomic mass is 35.5. The van der Waals surface area contributed by atoms with E-state index in [2.05, 4.69) is 22.1 Å². The molecule has 0 bridgehead atoms. The summed E-state index contributed by atoms with van der Waals surface area (Å²) in [6.45, 7) is 6.53. The van der Waals surface area contributed by atoms with Crippen LogP contribution in [0.1, 0.15) is 49.9 Å². The summed E-state index contributed by atoms with van der Waals surface area (Å²) in [7, 11) is 2.03. The summed E-state index contributed by atoms with van der Waals surface area (Å²) >= 11 is 15.7. The molecule has 3 aromatic rings. The highest BCUT2D eigenvalue weighted by Gasteiger charge is 2.28. The van der Waals surface area contributed by atoms with Crippen molar-refractivity contribution >= 4 is 73.7 Å². The third-order valence-electron chi connectivity index (χ3n) is 6.32. The molecule has 1 amide bonds. The van der Waals surface area contributed by atoms with E-state index in [1.54, 1.807) is 6.07 Å². The first-order valence-electron chi connectivity index (χ1n) is 12.7. The number of aromatic nitrogens is 2. The Hall–Kier alpha value is -2.40. The molecule has 4 heterocycles. The smallest absolute Gasteiger partial charge is 0.309 e. The minimum Gasteiger partial charge on any atom is -0.466 e. The predicted molar refractivity (Wildman–Crippen MR) is 157 cm³/mol. The maximum absolute atomic E-state index is 13.1. The number of hydrogen-bond acceptors (Lipinski definition) is 9. The van der Waals surface area contributed by atoms with Crippen molar-refractivity contribution in [3.63, 3.8) is 0 Å². The van der Waals surface area contributed by atoms with E-state index in [9.17, 15) is 9.59 Å². The van der Waals surface area contributed by atoms with Crippen LogP contribution >= 0.6 is 45.9 Å². The van der Waals surface area contributed by atoms with Gasteiger partial charge in [-0.3, -0.25) is 14.9 Å². The van der Waals surface area contributed by atoms with Crippen LogP contribution in [0.25, 0.3) is 10.6 Å². The van der Waals surface area contributed by atoms with Crippen LogP contribution in [0.3, 0.4) is 0 Å². The Morgan fingerprint density at radius 2 is 2.00 bits per heavy atom. The Balaban J connectivity index is 1.46. The number of hydrogen-bond donors (Lipinski definition) is 1. The molecule has 0 radical (unpaired) electrons. The molecule has 1 N–H and O–H groups in total. The number of thiazole rings is 1. The number of piperidine rings is 1. The van der Waals surface area contributed by atoms with Gasteiger partial charge in [0.05, 0.1) is 33.0 Å². The molecule has 204 valence electrons. The number of carbonyl (C=O) groups is 2. The molecule has 1 aliphatic rings. The van der Waals surface area contributed by atoms with Gasteiger partial charge < -0.3 is 14.5 Å². The molecule has 0 unspecified atom stereocenters. The lowest BCUT2D eigenvalue weighted by atomic mass is 9.97. The van der Waals surface area contributed by atoms with Gasteiger partial charge in [-0.1, -0.05) is 47.9 Å². The predicted octanol–water partition coefficient (Wildman–Crippen LogP) is 6.84. The zero-order valence-electron chi connectivity index (χ0n) is 21.6. The summed E-state index contributed by atoms with van der Waals surface area (Å²) < 4.78 is 5.15. The van der Waals surface area contributed by atoms with Gasteiger partial charge in [-0.05, 0) is 38.3 Å². The first-order chi connectivity index (χ1) is 18.3. The molecule has 8 nitrogen and oxygen atoms in total. The average Bonchev–Trinajstić information content (AvgIpc) is 3.53. The van der Waals surface area contributed by atoms with Gasteiger partial charge in [0, 0.05) is 38.3 Å². The molecule has 0 aromatic carbocycles. The summed E-state index contributed by atoms with van der Waals surface area (Å²) in [6.07, 6.45) is 5.01. The zero-order valence-corrected chi connectivity index (χ0v) is 24.8. The second-order valence-corrected chi connectivity index (χ2v) is 11.8. The number of nitrogens with one attached hydrogen (secondary N) is 1. The van der Waals surface area contributed by atoms with Crippen LogP contribution < -0.4 is 15.1 Å². The van der Waals surface area contributed by atoms with Gasteiger partial charge in [-0.25, -0.2) is 9.97 Å². The van der Waals surface area contributed by atoms with Crippen molar-refractivity contribution in [3.05, 3.63) is 39.3 Å². The van der Waals surface area contributed by atoms with Crippen LogP contribution in [-0.4, -0.2) is 55.1 Å². The third-order valence-corrected chi connectivity index (χ3v) is 8.97. The maximum Gasteiger partial charge on any atom is 0.309 e. The van der Waals surface area contributed by atoms with Gasteiger partial charge in [0.25, 0.3) is 5.91 Å². The van der Waals surface area contributed by atoms with E-state index in [-0.39, 0.29) is 17.8 Å². The van der Waals surface area contributed by atoms with Gasteiger partial charge in [0.2, 0.25) is 0 Å². The monoisotopic (exact) mass is 595 g/mol. The van der Waals surface area contributed by atoms with E-state index < -0.39 is 0 Å². The van der Waals surface area contributed by atoms with Crippen molar-refractivity contribution in [3.8, 4) is 10.6 Å². The van der Waals surface area contributed by atoms with Gasteiger partial charge >= 0.3 is 5.97 Å². The quantitative estimate of drug-likeness (QED) is 0.257. The SMILES string of the molecule is CCCCN(C)c1sc(NC(=O)c2cnc(N3CCC(C(=O)OCC)CC3)c(Cl)c2)nc1-c1cc(Cl)cs1. The molecule has 1 fully saturated rings. The van der Waals surface area contributed by atoms with E-state index >= 15 is 0 Å². The van der Waals surface area contributed by atoms with Crippen LogP contribution in [0.4, 0.5) is 16.0 Å². The van der Waals surface area contributed by atoms with Crippen LogP contribution in [0.5, 0.6) is 0 Å². The van der Waals surface area contributed by atoms with E-state index in [0.29, 0.717) is 59.1 Å². The first kappa shape index (κ1) is 28.6. The highest BCUT2D eigenvalue weighted by Crippen LogP contribution is 2.41. The number of thiophene rings is 1. The fourth-order valence-corrected chi connectivity index (χ4v) is 6.64. The fourth-order valence-electron chi connectivity index (χ4n) is 4.26. The number of unbranched alkanes of at least 4 members (excludes halogenated alkanes) is 1. The summed E-state index contributed by atoms with van der Waals surface area (Å²) in [5.74, 6) is 0.0236. The van der Waals surface area contributed by atoms with Crippen LogP contribution in [0, 0.1) is 5.92 Å². The van der Waals surface area contributed by atoms with E-state index in [1.807, 2.05) is 30.3 Å². The summed E-state index contributed by atoms with van der Waals surface area (Å²) in [6, 6.07) is 3.51. The number of nitrogens with zero attached hydrogens (tertiary/aromatic N) is 4. The Kier molecular flexibility index (Phi) is 9.86. The van der Waals surface area contributed by atoms with Crippen LogP contribution in [0.2, 0.25) is 10.0 Å². The molecule has 12 heteroatoms. The Labute approximate surface area is 240 Å². The number of anilines is 3. The number of esters is 1. The number of carbonyl (C=O) groups excluding carboxylic acids is 2. The van der Waals surface area contributed by atoms with Crippen molar-refractivity contribution in [2.24, 2.45) is 5.92 Å². The van der Waals surface area contributed by atoms with Gasteiger partial charge in [-0.15, -0.1) is 11.3 Å². The lowest BCUT2D eigenvalue weighted by Gasteiger charge is -2.32. The molecule has 0 saturated carbocycles. The second-order valence-electron chi connectivity index (χ2n) is 9.07. The molecule has 1 aliphatic heterocycles. The molecular weight excluding hydrogens is 565 g/mol. The van der Waals surface area contributed by atoms with Crippen molar-refractivity contribution in [1.29, 1.82) is 0 Å². The second kappa shape index (κ2) is 13.1. The fraction of sp³-hybridized carbons (Fsp3) is 0.462. The third kappa shape index (κ3) is 6.77. The van der Waals surface area contributed by atoms with Gasteiger partial charge in [-0.2, -0.15) is 0 Å². The lowest BCUT2D eigenvalue weighted by molar-refractivity contribution is -0.148. The highest BCUT2D eigenvalue weighted by molar-refractivity contribution is 7.21. The van der Waals surface area contributed by atoms with Gasteiger partial charge in [0.1, 0.15) is 16.5 Å². The normalized spacial score (nSPS) is 14.0. The molecule has 0 aliphatic carbocycles. The van der Waals surface area contributed by atoms with Crippen LogP contribution in [0.15, 0.2) is 23.7 Å². The number of halogens is 2. The van der Waals surface area contributed by atoms with Crippen molar-refractivity contribution in [1.82, 2.24) is 9.97 Å². The lowest BCUT2D eigenvalue weighted by Crippen LogP contribution is -2.37. The largest absolute Gasteiger partial charge is 0.466 e. The molecule has 4 rings (SSSR count). The number of ether oxygens (including phenoxy) is 1. The molecule has 0 atom stereocenters.